The number of carbonyl (C=O) groups excluding carboxylic acids is 1. The highest BCUT2D eigenvalue weighted by atomic mass is 16.5. The van der Waals surface area contributed by atoms with Gasteiger partial charge in [-0.15, -0.1) is 0 Å². The van der Waals surface area contributed by atoms with Crippen molar-refractivity contribution < 1.29 is 29.3 Å². The largest absolute Gasteiger partial charge is 0.465 e. The van der Waals surface area contributed by atoms with E-state index >= 15 is 0 Å². The van der Waals surface area contributed by atoms with E-state index in [0.717, 1.165) is 5.56 Å². The van der Waals surface area contributed by atoms with Gasteiger partial charge in [0.1, 0.15) is 6.61 Å². The minimum atomic E-state index is -1.08. The summed E-state index contributed by atoms with van der Waals surface area (Å²) in [6.07, 6.45) is -1.17. The second-order valence-corrected chi connectivity index (χ2v) is 6.32. The van der Waals surface area contributed by atoms with Crippen LogP contribution in [-0.4, -0.2) is 65.7 Å². The minimum absolute atomic E-state index is 0.175. The number of nitrogens with one attached hydrogen (secondary N) is 1. The highest BCUT2D eigenvalue weighted by Crippen LogP contribution is 2.24. The quantitative estimate of drug-likeness (QED) is 0.679. The third-order valence-corrected chi connectivity index (χ3v) is 4.50. The molecular formula is C18H26N2O6. The molecule has 3 atom stereocenters. The molecule has 1 aromatic rings. The Bertz CT molecular complexity index is 582. The second kappa shape index (κ2) is 9.98. The number of methoxy groups -OCH3 is 1. The third-order valence-electron chi connectivity index (χ3n) is 4.50. The first-order chi connectivity index (χ1) is 12.5. The van der Waals surface area contributed by atoms with Crippen molar-refractivity contribution in [2.45, 2.75) is 44.1 Å². The van der Waals surface area contributed by atoms with Crippen LogP contribution in [0.3, 0.4) is 0 Å². The van der Waals surface area contributed by atoms with Crippen LogP contribution in [0.1, 0.15) is 24.8 Å². The van der Waals surface area contributed by atoms with E-state index in [-0.39, 0.29) is 32.2 Å². The number of nitrogens with zero attached hydrogens (tertiary/aromatic N) is 1. The molecule has 1 fully saturated rings. The number of alkyl carbamates (subject to hydrolysis) is 1. The summed E-state index contributed by atoms with van der Waals surface area (Å²) in [4.78, 5) is 24.5. The standard InChI is InChI=1S/C18H26N2O6/c1-25-10-9-20(18(23)24)15-8-7-14(11-16(15)21)19-17(22)26-12-13-5-3-2-4-6-13/h2-6,14-16,21H,7-12H2,1H3,(H,19,22)(H,23,24)/t14-,15-,16+/m0/s1. The summed E-state index contributed by atoms with van der Waals surface area (Å²) in [5.41, 5.74) is 0.890. The first-order valence-corrected chi connectivity index (χ1v) is 8.65. The molecule has 0 heterocycles. The van der Waals surface area contributed by atoms with Crippen molar-refractivity contribution >= 4 is 12.2 Å². The molecule has 0 aliphatic heterocycles. The molecule has 0 aromatic heterocycles. The Balaban J connectivity index is 1.79. The van der Waals surface area contributed by atoms with E-state index in [1.54, 1.807) is 0 Å². The molecule has 1 saturated carbocycles. The highest BCUT2D eigenvalue weighted by molar-refractivity contribution is 5.67. The summed E-state index contributed by atoms with van der Waals surface area (Å²) in [5.74, 6) is 0. The minimum Gasteiger partial charge on any atom is -0.465 e. The molecule has 144 valence electrons. The van der Waals surface area contributed by atoms with Crippen molar-refractivity contribution in [1.82, 2.24) is 10.2 Å². The van der Waals surface area contributed by atoms with Gasteiger partial charge >= 0.3 is 12.2 Å². The Morgan fingerprint density at radius 2 is 2.00 bits per heavy atom. The first-order valence-electron chi connectivity index (χ1n) is 8.65. The van der Waals surface area contributed by atoms with Crippen LogP contribution in [-0.2, 0) is 16.1 Å². The number of aliphatic hydroxyl groups excluding tert-OH is 1. The van der Waals surface area contributed by atoms with Crippen LogP contribution in [0.5, 0.6) is 0 Å². The zero-order chi connectivity index (χ0) is 18.9. The fourth-order valence-corrected chi connectivity index (χ4v) is 3.15. The van der Waals surface area contributed by atoms with Crippen LogP contribution in [0.4, 0.5) is 9.59 Å². The van der Waals surface area contributed by atoms with Gasteiger partial charge in [0.25, 0.3) is 0 Å². The molecule has 8 heteroatoms. The number of carboxylic acid groups (broad SMARTS) is 1. The lowest BCUT2D eigenvalue weighted by molar-refractivity contribution is 0.00545. The zero-order valence-electron chi connectivity index (χ0n) is 14.8. The predicted molar refractivity (Wildman–Crippen MR) is 93.8 cm³/mol. The van der Waals surface area contributed by atoms with Crippen molar-refractivity contribution in [3.63, 3.8) is 0 Å². The molecule has 1 aliphatic carbocycles. The highest BCUT2D eigenvalue weighted by Gasteiger charge is 2.35. The lowest BCUT2D eigenvalue weighted by Crippen LogP contribution is -2.53. The van der Waals surface area contributed by atoms with E-state index in [4.69, 9.17) is 9.47 Å². The lowest BCUT2D eigenvalue weighted by atomic mass is 9.88. The van der Waals surface area contributed by atoms with E-state index in [0.29, 0.717) is 12.8 Å². The summed E-state index contributed by atoms with van der Waals surface area (Å²) >= 11 is 0. The normalized spacial score (nSPS) is 22.5. The molecule has 26 heavy (non-hydrogen) atoms. The molecule has 0 bridgehead atoms. The van der Waals surface area contributed by atoms with Gasteiger partial charge < -0.3 is 29.9 Å². The molecule has 2 amide bonds. The number of hydrogen-bond donors (Lipinski definition) is 3. The fourth-order valence-electron chi connectivity index (χ4n) is 3.15. The Morgan fingerprint density at radius 1 is 1.27 bits per heavy atom. The first kappa shape index (κ1) is 20.0. The molecular weight excluding hydrogens is 340 g/mol. The Morgan fingerprint density at radius 3 is 2.62 bits per heavy atom. The van der Waals surface area contributed by atoms with Gasteiger partial charge in [-0.1, -0.05) is 30.3 Å². The average molecular weight is 366 g/mol. The Hall–Kier alpha value is -2.32. The van der Waals surface area contributed by atoms with Crippen LogP contribution < -0.4 is 5.32 Å². The average Bonchev–Trinajstić information content (AvgIpc) is 2.62. The SMILES string of the molecule is COCCN(C(=O)O)[C@H]1CC[C@H](NC(=O)OCc2ccccc2)C[C@H]1O. The van der Waals surface area contributed by atoms with Crippen LogP contribution in [0, 0.1) is 0 Å². The van der Waals surface area contributed by atoms with E-state index in [1.165, 1.54) is 12.0 Å². The van der Waals surface area contributed by atoms with Gasteiger partial charge in [-0.25, -0.2) is 9.59 Å². The van der Waals surface area contributed by atoms with Crippen molar-refractivity contribution in [2.75, 3.05) is 20.3 Å². The molecule has 3 N–H and O–H groups in total. The molecule has 1 aromatic carbocycles. The van der Waals surface area contributed by atoms with Crippen LogP contribution >= 0.6 is 0 Å². The lowest BCUT2D eigenvalue weighted by Gasteiger charge is -2.38. The van der Waals surface area contributed by atoms with Gasteiger partial charge in [-0.2, -0.15) is 0 Å². The van der Waals surface area contributed by atoms with Gasteiger partial charge in [0.15, 0.2) is 0 Å². The van der Waals surface area contributed by atoms with Crippen LogP contribution in [0.15, 0.2) is 30.3 Å². The van der Waals surface area contributed by atoms with Crippen LogP contribution in [0.25, 0.3) is 0 Å². The molecule has 0 spiro atoms. The van der Waals surface area contributed by atoms with Gasteiger partial charge in [0.2, 0.25) is 0 Å². The van der Waals surface area contributed by atoms with Gasteiger partial charge in [0.05, 0.1) is 18.8 Å². The summed E-state index contributed by atoms with van der Waals surface area (Å²) < 4.78 is 10.1. The number of rotatable bonds is 7. The van der Waals surface area contributed by atoms with E-state index in [2.05, 4.69) is 5.32 Å². The topological polar surface area (TPSA) is 108 Å². The monoisotopic (exact) mass is 366 g/mol. The number of carbonyl (C=O) groups is 2. The summed E-state index contributed by atoms with van der Waals surface area (Å²) in [6, 6.07) is 8.60. The molecule has 0 unspecified atom stereocenters. The Kier molecular flexibility index (Phi) is 7.68. The summed E-state index contributed by atoms with van der Waals surface area (Å²) in [5, 5.41) is 22.4. The van der Waals surface area contributed by atoms with Crippen molar-refractivity contribution in [1.29, 1.82) is 0 Å². The predicted octanol–water partition coefficient (Wildman–Crippen LogP) is 1.82. The number of amides is 2. The maximum Gasteiger partial charge on any atom is 0.407 e. The molecule has 1 aliphatic rings. The fraction of sp³-hybridized carbons (Fsp3) is 0.556. The number of ether oxygens (including phenoxy) is 2. The number of benzene rings is 1. The summed E-state index contributed by atoms with van der Waals surface area (Å²) in [7, 11) is 1.50. The van der Waals surface area contributed by atoms with E-state index in [1.807, 2.05) is 30.3 Å². The van der Waals surface area contributed by atoms with Crippen molar-refractivity contribution in [2.24, 2.45) is 0 Å². The maximum absolute atomic E-state index is 11.9. The maximum atomic E-state index is 11.9. The van der Waals surface area contributed by atoms with Gasteiger partial charge in [-0.05, 0) is 24.8 Å². The smallest absolute Gasteiger partial charge is 0.407 e. The molecule has 0 saturated heterocycles. The van der Waals surface area contributed by atoms with Crippen molar-refractivity contribution in [3.8, 4) is 0 Å². The molecule has 2 rings (SSSR count). The zero-order valence-corrected chi connectivity index (χ0v) is 14.8. The number of aliphatic hydroxyl groups is 1. The molecule has 0 radical (unpaired) electrons. The molecule has 8 nitrogen and oxygen atoms in total. The summed E-state index contributed by atoms with van der Waals surface area (Å²) in [6.45, 7) is 0.641. The van der Waals surface area contributed by atoms with Crippen LogP contribution in [0.2, 0.25) is 0 Å². The third kappa shape index (κ3) is 5.89. The second-order valence-electron chi connectivity index (χ2n) is 6.32. The van der Waals surface area contributed by atoms with Crippen molar-refractivity contribution in [3.05, 3.63) is 35.9 Å². The van der Waals surface area contributed by atoms with Gasteiger partial charge in [0, 0.05) is 19.7 Å². The van der Waals surface area contributed by atoms with E-state index < -0.39 is 24.3 Å². The van der Waals surface area contributed by atoms with E-state index in [9.17, 15) is 19.8 Å². The Labute approximate surface area is 152 Å². The van der Waals surface area contributed by atoms with Gasteiger partial charge in [-0.3, -0.25) is 0 Å². The number of hydrogen-bond acceptors (Lipinski definition) is 5.